The summed E-state index contributed by atoms with van der Waals surface area (Å²) in [6.07, 6.45) is 3.52. The van der Waals surface area contributed by atoms with Crippen LogP contribution < -0.4 is 10.1 Å². The van der Waals surface area contributed by atoms with Crippen LogP contribution in [0.4, 0.5) is 5.69 Å². The quantitative estimate of drug-likeness (QED) is 0.845. The van der Waals surface area contributed by atoms with Crippen molar-refractivity contribution >= 4 is 11.7 Å². The predicted molar refractivity (Wildman–Crippen MR) is 75.9 cm³/mol. The Morgan fingerprint density at radius 2 is 2.25 bits per heavy atom. The van der Waals surface area contributed by atoms with Crippen molar-refractivity contribution in [2.45, 2.75) is 13.5 Å². The number of aliphatic carboxylic acids is 1. The molecule has 5 nitrogen and oxygen atoms in total. The molecule has 0 bridgehead atoms. The van der Waals surface area contributed by atoms with Crippen molar-refractivity contribution in [3.05, 3.63) is 53.9 Å². The Hall–Kier alpha value is -2.56. The molecule has 0 saturated carbocycles. The van der Waals surface area contributed by atoms with Gasteiger partial charge in [0.1, 0.15) is 5.75 Å². The average Bonchev–Trinajstić information content (AvgIpc) is 2.46. The van der Waals surface area contributed by atoms with Gasteiger partial charge in [0.05, 0.1) is 0 Å². The molecule has 0 radical (unpaired) electrons. The Labute approximate surface area is 117 Å². The first-order valence-corrected chi connectivity index (χ1v) is 6.23. The lowest BCUT2D eigenvalue weighted by molar-refractivity contribution is -0.139. The molecular weight excluding hydrogens is 256 g/mol. The second kappa shape index (κ2) is 6.56. The van der Waals surface area contributed by atoms with Crippen LogP contribution in [0.25, 0.3) is 0 Å². The second-order valence-electron chi connectivity index (χ2n) is 4.38. The lowest BCUT2D eigenvalue weighted by atomic mass is 10.2. The maximum absolute atomic E-state index is 10.5. The van der Waals surface area contributed by atoms with E-state index in [4.69, 9.17) is 9.84 Å². The molecule has 0 aliphatic heterocycles. The molecule has 104 valence electrons. The number of carbonyl (C=O) groups is 1. The Morgan fingerprint density at radius 3 is 2.95 bits per heavy atom. The minimum absolute atomic E-state index is 0.340. The highest BCUT2D eigenvalue weighted by molar-refractivity contribution is 5.68. The van der Waals surface area contributed by atoms with Gasteiger partial charge in [0.15, 0.2) is 6.61 Å². The molecule has 0 spiro atoms. The maximum atomic E-state index is 10.5. The summed E-state index contributed by atoms with van der Waals surface area (Å²) in [6.45, 7) is 2.18. The van der Waals surface area contributed by atoms with Crippen LogP contribution in [0.15, 0.2) is 42.7 Å². The molecule has 0 aliphatic carbocycles. The van der Waals surface area contributed by atoms with Gasteiger partial charge in [-0.2, -0.15) is 0 Å². The van der Waals surface area contributed by atoms with Gasteiger partial charge in [-0.3, -0.25) is 4.98 Å². The zero-order valence-corrected chi connectivity index (χ0v) is 11.2. The number of anilines is 1. The largest absolute Gasteiger partial charge is 0.482 e. The zero-order chi connectivity index (χ0) is 14.4. The first-order chi connectivity index (χ1) is 9.65. The third kappa shape index (κ3) is 3.98. The molecule has 0 aliphatic rings. The van der Waals surface area contributed by atoms with Crippen molar-refractivity contribution in [1.29, 1.82) is 0 Å². The van der Waals surface area contributed by atoms with E-state index in [1.54, 1.807) is 18.5 Å². The summed E-state index contributed by atoms with van der Waals surface area (Å²) in [4.78, 5) is 14.6. The minimum Gasteiger partial charge on any atom is -0.482 e. The lowest BCUT2D eigenvalue weighted by Crippen LogP contribution is -2.10. The van der Waals surface area contributed by atoms with E-state index in [2.05, 4.69) is 10.3 Å². The number of hydrogen-bond donors (Lipinski definition) is 2. The normalized spacial score (nSPS) is 10.1. The molecule has 1 heterocycles. The van der Waals surface area contributed by atoms with Gasteiger partial charge in [-0.15, -0.1) is 0 Å². The molecule has 2 aromatic rings. The SMILES string of the molecule is Cc1ccc(NCc2cccnc2)cc1OCC(=O)O. The molecule has 0 amide bonds. The van der Waals surface area contributed by atoms with Crippen LogP contribution in [-0.4, -0.2) is 22.7 Å². The summed E-state index contributed by atoms with van der Waals surface area (Å²) < 4.78 is 5.24. The van der Waals surface area contributed by atoms with E-state index < -0.39 is 5.97 Å². The molecular formula is C15H16N2O3. The number of aryl methyl sites for hydroxylation is 1. The monoisotopic (exact) mass is 272 g/mol. The van der Waals surface area contributed by atoms with Crippen LogP contribution in [0.2, 0.25) is 0 Å². The fourth-order valence-electron chi connectivity index (χ4n) is 1.71. The first-order valence-electron chi connectivity index (χ1n) is 6.23. The number of pyridine rings is 1. The first kappa shape index (κ1) is 13.9. The zero-order valence-electron chi connectivity index (χ0n) is 11.2. The molecule has 0 saturated heterocycles. The molecule has 2 N–H and O–H groups in total. The molecule has 1 aromatic heterocycles. The van der Waals surface area contributed by atoms with Gasteiger partial charge in [-0.05, 0) is 30.2 Å². The summed E-state index contributed by atoms with van der Waals surface area (Å²) in [7, 11) is 0. The van der Waals surface area contributed by atoms with Crippen molar-refractivity contribution in [3.63, 3.8) is 0 Å². The predicted octanol–water partition coefficient (Wildman–Crippen LogP) is 2.47. The van der Waals surface area contributed by atoms with Gasteiger partial charge in [-0.1, -0.05) is 12.1 Å². The highest BCUT2D eigenvalue weighted by atomic mass is 16.5. The summed E-state index contributed by atoms with van der Waals surface area (Å²) >= 11 is 0. The number of benzene rings is 1. The van der Waals surface area contributed by atoms with E-state index in [9.17, 15) is 4.79 Å². The summed E-state index contributed by atoms with van der Waals surface area (Å²) in [5.41, 5.74) is 2.85. The third-order valence-corrected chi connectivity index (χ3v) is 2.76. The number of carboxylic acids is 1. The van der Waals surface area contributed by atoms with Gasteiger partial charge in [-0.25, -0.2) is 4.79 Å². The van der Waals surface area contributed by atoms with Gasteiger partial charge in [0.25, 0.3) is 0 Å². The molecule has 2 rings (SSSR count). The Kier molecular flexibility index (Phi) is 4.55. The fraction of sp³-hybridized carbons (Fsp3) is 0.200. The summed E-state index contributed by atoms with van der Waals surface area (Å²) in [6, 6.07) is 9.49. The van der Waals surface area contributed by atoms with E-state index >= 15 is 0 Å². The summed E-state index contributed by atoms with van der Waals surface area (Å²) in [5.74, 6) is -0.415. The molecule has 0 unspecified atom stereocenters. The number of nitrogens with one attached hydrogen (secondary N) is 1. The van der Waals surface area contributed by atoms with Crippen molar-refractivity contribution in [1.82, 2.24) is 4.98 Å². The van der Waals surface area contributed by atoms with Gasteiger partial charge in [0.2, 0.25) is 0 Å². The van der Waals surface area contributed by atoms with Crippen LogP contribution in [-0.2, 0) is 11.3 Å². The number of carboxylic acid groups (broad SMARTS) is 1. The van der Waals surface area contributed by atoms with Crippen LogP contribution >= 0.6 is 0 Å². The van der Waals surface area contributed by atoms with Gasteiger partial charge in [0, 0.05) is 30.7 Å². The maximum Gasteiger partial charge on any atom is 0.341 e. The van der Waals surface area contributed by atoms with Gasteiger partial charge < -0.3 is 15.2 Å². The number of rotatable bonds is 6. The minimum atomic E-state index is -0.988. The van der Waals surface area contributed by atoms with E-state index in [1.165, 1.54) is 0 Å². The van der Waals surface area contributed by atoms with E-state index in [1.807, 2.05) is 31.2 Å². The number of nitrogens with zero attached hydrogens (tertiary/aromatic N) is 1. The Balaban J connectivity index is 2.01. The molecule has 0 fully saturated rings. The molecule has 20 heavy (non-hydrogen) atoms. The van der Waals surface area contributed by atoms with Crippen LogP contribution in [0.5, 0.6) is 5.75 Å². The molecule has 0 atom stereocenters. The van der Waals surface area contributed by atoms with Crippen molar-refractivity contribution in [2.24, 2.45) is 0 Å². The van der Waals surface area contributed by atoms with Crippen molar-refractivity contribution in [2.75, 3.05) is 11.9 Å². The highest BCUT2D eigenvalue weighted by Crippen LogP contribution is 2.23. The molecule has 1 aromatic carbocycles. The van der Waals surface area contributed by atoms with Gasteiger partial charge >= 0.3 is 5.97 Å². The lowest BCUT2D eigenvalue weighted by Gasteiger charge is -2.11. The van der Waals surface area contributed by atoms with Crippen molar-refractivity contribution < 1.29 is 14.6 Å². The smallest absolute Gasteiger partial charge is 0.341 e. The third-order valence-electron chi connectivity index (χ3n) is 2.76. The topological polar surface area (TPSA) is 71.5 Å². The second-order valence-corrected chi connectivity index (χ2v) is 4.38. The van der Waals surface area contributed by atoms with Crippen LogP contribution in [0.1, 0.15) is 11.1 Å². The number of ether oxygens (including phenoxy) is 1. The number of hydrogen-bond acceptors (Lipinski definition) is 4. The van der Waals surface area contributed by atoms with Crippen LogP contribution in [0, 0.1) is 6.92 Å². The molecule has 5 heteroatoms. The Morgan fingerprint density at radius 1 is 1.40 bits per heavy atom. The Bertz CT molecular complexity index is 585. The fourth-order valence-corrected chi connectivity index (χ4v) is 1.71. The highest BCUT2D eigenvalue weighted by Gasteiger charge is 2.04. The number of aromatic nitrogens is 1. The van der Waals surface area contributed by atoms with E-state index in [0.29, 0.717) is 12.3 Å². The van der Waals surface area contributed by atoms with Crippen molar-refractivity contribution in [3.8, 4) is 5.75 Å². The van der Waals surface area contributed by atoms with E-state index in [0.717, 1.165) is 16.8 Å². The average molecular weight is 272 g/mol. The standard InChI is InChI=1S/C15H16N2O3/c1-11-4-5-13(7-14(11)20-10-15(18)19)17-9-12-3-2-6-16-8-12/h2-8,17H,9-10H2,1H3,(H,18,19). The van der Waals surface area contributed by atoms with Crippen LogP contribution in [0.3, 0.4) is 0 Å². The summed E-state index contributed by atoms with van der Waals surface area (Å²) in [5, 5.41) is 11.9. The van der Waals surface area contributed by atoms with E-state index in [-0.39, 0.29) is 6.61 Å².